The molecule has 1 aromatic rings. The lowest BCUT2D eigenvalue weighted by Gasteiger charge is -2.26. The zero-order chi connectivity index (χ0) is 16.1. The Hall–Kier alpha value is -1.35. The molecule has 1 heterocycles. The summed E-state index contributed by atoms with van der Waals surface area (Å²) in [6.45, 7) is 11.2. The molecule has 0 bridgehead atoms. The van der Waals surface area contributed by atoms with Crippen molar-refractivity contribution in [2.45, 2.75) is 59.5 Å². The number of Topliss-reactive ketones (excluding diaryl/α,β-unsaturated/α-hetero) is 1. The van der Waals surface area contributed by atoms with E-state index in [0.717, 1.165) is 42.1 Å². The number of ether oxygens (including phenoxy) is 1. The van der Waals surface area contributed by atoms with Gasteiger partial charge in [0.25, 0.3) is 0 Å². The van der Waals surface area contributed by atoms with Crippen LogP contribution in [0.3, 0.4) is 0 Å². The second kappa shape index (κ2) is 7.77. The number of ketones is 1. The van der Waals surface area contributed by atoms with E-state index in [0.29, 0.717) is 6.42 Å². The van der Waals surface area contributed by atoms with Crippen molar-refractivity contribution in [3.05, 3.63) is 28.8 Å². The number of rotatable bonds is 6. The van der Waals surface area contributed by atoms with E-state index in [-0.39, 0.29) is 11.9 Å². The summed E-state index contributed by atoms with van der Waals surface area (Å²) < 4.78 is 5.80. The summed E-state index contributed by atoms with van der Waals surface area (Å²) >= 11 is 0. The molecule has 0 spiro atoms. The molecule has 1 aliphatic heterocycles. The Kier molecular flexibility index (Phi) is 6.01. The van der Waals surface area contributed by atoms with E-state index in [4.69, 9.17) is 4.74 Å². The third-order valence-corrected chi connectivity index (χ3v) is 4.29. The molecular weight excluding hydrogens is 274 g/mol. The molecule has 0 saturated carbocycles. The minimum Gasteiger partial charge on any atom is -0.491 e. The first-order valence-electron chi connectivity index (χ1n) is 8.51. The SMILES string of the molecule is Cc1cc(C(=O)CCN2CCCCC2)c(C)cc1OC(C)C. The van der Waals surface area contributed by atoms with Crippen LogP contribution in [0, 0.1) is 13.8 Å². The fourth-order valence-electron chi connectivity index (χ4n) is 3.05. The number of hydrogen-bond donors (Lipinski definition) is 0. The molecule has 0 aromatic heterocycles. The van der Waals surface area contributed by atoms with Crippen molar-refractivity contribution in [3.63, 3.8) is 0 Å². The second-order valence-electron chi connectivity index (χ2n) is 6.67. The molecule has 0 amide bonds. The molecule has 0 atom stereocenters. The summed E-state index contributed by atoms with van der Waals surface area (Å²) in [4.78, 5) is 14.9. The zero-order valence-electron chi connectivity index (χ0n) is 14.4. The van der Waals surface area contributed by atoms with Crippen LogP contribution in [0.4, 0.5) is 0 Å². The largest absolute Gasteiger partial charge is 0.491 e. The Morgan fingerprint density at radius 3 is 2.45 bits per heavy atom. The zero-order valence-corrected chi connectivity index (χ0v) is 14.4. The number of benzene rings is 1. The number of likely N-dealkylation sites (tertiary alicyclic amines) is 1. The van der Waals surface area contributed by atoms with Gasteiger partial charge in [0.05, 0.1) is 6.10 Å². The maximum Gasteiger partial charge on any atom is 0.164 e. The van der Waals surface area contributed by atoms with E-state index < -0.39 is 0 Å². The molecule has 1 saturated heterocycles. The predicted molar refractivity (Wildman–Crippen MR) is 90.9 cm³/mol. The van der Waals surface area contributed by atoms with Gasteiger partial charge in [-0.3, -0.25) is 4.79 Å². The fraction of sp³-hybridized carbons (Fsp3) is 0.632. The number of carbonyl (C=O) groups excluding carboxylic acids is 1. The number of aryl methyl sites for hydroxylation is 2. The van der Waals surface area contributed by atoms with Gasteiger partial charge in [-0.2, -0.15) is 0 Å². The van der Waals surface area contributed by atoms with E-state index in [9.17, 15) is 4.79 Å². The van der Waals surface area contributed by atoms with Crippen LogP contribution in [0.25, 0.3) is 0 Å². The lowest BCUT2D eigenvalue weighted by Crippen LogP contribution is -2.31. The molecule has 122 valence electrons. The summed E-state index contributed by atoms with van der Waals surface area (Å²) in [5.41, 5.74) is 2.91. The van der Waals surface area contributed by atoms with Crippen molar-refractivity contribution < 1.29 is 9.53 Å². The lowest BCUT2D eigenvalue weighted by molar-refractivity contribution is 0.0958. The first-order valence-corrected chi connectivity index (χ1v) is 8.51. The summed E-state index contributed by atoms with van der Waals surface area (Å²) in [5, 5.41) is 0. The van der Waals surface area contributed by atoms with Crippen LogP contribution >= 0.6 is 0 Å². The quantitative estimate of drug-likeness (QED) is 0.739. The van der Waals surface area contributed by atoms with Gasteiger partial charge in [-0.15, -0.1) is 0 Å². The highest BCUT2D eigenvalue weighted by Gasteiger charge is 2.16. The molecule has 1 aromatic carbocycles. The fourth-order valence-corrected chi connectivity index (χ4v) is 3.05. The van der Waals surface area contributed by atoms with Crippen molar-refractivity contribution in [1.29, 1.82) is 0 Å². The topological polar surface area (TPSA) is 29.5 Å². The van der Waals surface area contributed by atoms with E-state index in [1.807, 2.05) is 39.8 Å². The van der Waals surface area contributed by atoms with Crippen LogP contribution < -0.4 is 4.74 Å². The van der Waals surface area contributed by atoms with Crippen LogP contribution in [0.2, 0.25) is 0 Å². The lowest BCUT2D eigenvalue weighted by atomic mass is 9.99. The van der Waals surface area contributed by atoms with Crippen LogP contribution in [0.15, 0.2) is 12.1 Å². The predicted octanol–water partition coefficient (Wildman–Crippen LogP) is 4.15. The molecule has 0 radical (unpaired) electrons. The average Bonchev–Trinajstić information content (AvgIpc) is 2.48. The van der Waals surface area contributed by atoms with E-state index >= 15 is 0 Å². The van der Waals surface area contributed by atoms with Gasteiger partial charge in [0.1, 0.15) is 5.75 Å². The van der Waals surface area contributed by atoms with Crippen LogP contribution in [-0.4, -0.2) is 36.4 Å². The molecule has 3 nitrogen and oxygen atoms in total. The molecule has 0 unspecified atom stereocenters. The molecule has 3 heteroatoms. The molecule has 22 heavy (non-hydrogen) atoms. The number of hydrogen-bond acceptors (Lipinski definition) is 3. The first-order chi connectivity index (χ1) is 10.5. The van der Waals surface area contributed by atoms with E-state index in [1.165, 1.54) is 19.3 Å². The molecule has 0 aliphatic carbocycles. The smallest absolute Gasteiger partial charge is 0.164 e. The molecule has 2 rings (SSSR count). The van der Waals surface area contributed by atoms with Crippen LogP contribution in [0.5, 0.6) is 5.75 Å². The molecule has 0 N–H and O–H groups in total. The number of carbonyl (C=O) groups is 1. The summed E-state index contributed by atoms with van der Waals surface area (Å²) in [6, 6.07) is 4.00. The van der Waals surface area contributed by atoms with Crippen LogP contribution in [-0.2, 0) is 0 Å². The average molecular weight is 303 g/mol. The Bertz CT molecular complexity index is 516. The van der Waals surface area contributed by atoms with Crippen molar-refractivity contribution in [2.75, 3.05) is 19.6 Å². The first kappa shape index (κ1) is 17.0. The Morgan fingerprint density at radius 1 is 1.14 bits per heavy atom. The van der Waals surface area contributed by atoms with Crippen LogP contribution in [0.1, 0.15) is 61.0 Å². The molecule has 1 aliphatic rings. The summed E-state index contributed by atoms with van der Waals surface area (Å²) in [5.74, 6) is 1.14. The monoisotopic (exact) mass is 303 g/mol. The standard InChI is InChI=1S/C19H29NO2/c1-14(2)22-19-13-15(3)17(12-16(19)4)18(21)8-11-20-9-6-5-7-10-20/h12-14H,5-11H2,1-4H3. The Balaban J connectivity index is 2.01. The van der Waals surface area contributed by atoms with Gasteiger partial charge in [0.15, 0.2) is 5.78 Å². The number of nitrogens with zero attached hydrogens (tertiary/aromatic N) is 1. The van der Waals surface area contributed by atoms with Crippen molar-refractivity contribution in [1.82, 2.24) is 4.90 Å². The minimum absolute atomic E-state index is 0.152. The second-order valence-corrected chi connectivity index (χ2v) is 6.67. The van der Waals surface area contributed by atoms with Gasteiger partial charge in [0.2, 0.25) is 0 Å². The van der Waals surface area contributed by atoms with Crippen molar-refractivity contribution in [3.8, 4) is 5.75 Å². The van der Waals surface area contributed by atoms with E-state index in [1.54, 1.807) is 0 Å². The van der Waals surface area contributed by atoms with Gasteiger partial charge in [-0.1, -0.05) is 6.42 Å². The third-order valence-electron chi connectivity index (χ3n) is 4.29. The van der Waals surface area contributed by atoms with Gasteiger partial charge >= 0.3 is 0 Å². The van der Waals surface area contributed by atoms with Gasteiger partial charge < -0.3 is 9.64 Å². The normalized spacial score (nSPS) is 16.0. The minimum atomic E-state index is 0.152. The molecular formula is C19H29NO2. The number of piperidine rings is 1. The molecule has 1 fully saturated rings. The Labute approximate surface area is 134 Å². The highest BCUT2D eigenvalue weighted by Crippen LogP contribution is 2.25. The van der Waals surface area contributed by atoms with Gasteiger partial charge in [-0.25, -0.2) is 0 Å². The summed E-state index contributed by atoms with van der Waals surface area (Å²) in [7, 11) is 0. The van der Waals surface area contributed by atoms with Gasteiger partial charge in [0, 0.05) is 18.5 Å². The highest BCUT2D eigenvalue weighted by atomic mass is 16.5. The van der Waals surface area contributed by atoms with Gasteiger partial charge in [-0.05, 0) is 76.9 Å². The van der Waals surface area contributed by atoms with Crippen molar-refractivity contribution >= 4 is 5.78 Å². The van der Waals surface area contributed by atoms with E-state index in [2.05, 4.69) is 4.90 Å². The third kappa shape index (κ3) is 4.57. The maximum absolute atomic E-state index is 12.5. The maximum atomic E-state index is 12.5. The van der Waals surface area contributed by atoms with Crippen molar-refractivity contribution in [2.24, 2.45) is 0 Å². The Morgan fingerprint density at radius 2 is 1.82 bits per heavy atom. The highest BCUT2D eigenvalue weighted by molar-refractivity contribution is 5.98. The summed E-state index contributed by atoms with van der Waals surface area (Å²) in [6.07, 6.45) is 4.64.